The molecule has 8 rings (SSSR count). The zero-order valence-electron chi connectivity index (χ0n) is 23.5. The second-order valence-corrected chi connectivity index (χ2v) is 11.4. The fourth-order valence-corrected chi connectivity index (χ4v) is 6.44. The summed E-state index contributed by atoms with van der Waals surface area (Å²) >= 11 is 0. The molecule has 0 saturated carbocycles. The van der Waals surface area contributed by atoms with Gasteiger partial charge in [0.2, 0.25) is 0 Å². The molecule has 0 N–H and O–H groups in total. The van der Waals surface area contributed by atoms with Crippen LogP contribution in [0.1, 0.15) is 25.0 Å². The molecule has 1 heterocycles. The number of rotatable bonds is 4. The Bertz CT molecular complexity index is 1980. The number of nitrogens with zero attached hydrogens (tertiary/aromatic N) is 1. The molecule has 42 heavy (non-hydrogen) atoms. The van der Waals surface area contributed by atoms with E-state index in [0.29, 0.717) is 11.5 Å². The number of fused-ring (bicyclic) bond motifs is 5. The highest BCUT2D eigenvalue weighted by molar-refractivity contribution is 5.91. The minimum Gasteiger partial charge on any atom is -0.450 e. The van der Waals surface area contributed by atoms with Crippen LogP contribution in [0.5, 0.6) is 23.0 Å². The predicted molar refractivity (Wildman–Crippen MR) is 171 cm³/mol. The third kappa shape index (κ3) is 3.82. The van der Waals surface area contributed by atoms with Gasteiger partial charge in [-0.1, -0.05) is 105 Å². The average Bonchev–Trinajstić information content (AvgIpc) is 3.27. The summed E-state index contributed by atoms with van der Waals surface area (Å²) < 4.78 is 12.5. The van der Waals surface area contributed by atoms with Gasteiger partial charge in [0.05, 0.1) is 11.4 Å². The lowest BCUT2D eigenvalue weighted by Crippen LogP contribution is -2.17. The van der Waals surface area contributed by atoms with Crippen molar-refractivity contribution in [1.82, 2.24) is 0 Å². The molecule has 0 atom stereocenters. The van der Waals surface area contributed by atoms with Crippen molar-refractivity contribution in [2.45, 2.75) is 19.3 Å². The van der Waals surface area contributed by atoms with Gasteiger partial charge in [0.1, 0.15) is 0 Å². The summed E-state index contributed by atoms with van der Waals surface area (Å²) in [4.78, 5) is 2.34. The second kappa shape index (κ2) is 9.39. The van der Waals surface area contributed by atoms with Crippen LogP contribution >= 0.6 is 0 Å². The lowest BCUT2D eigenvalue weighted by Gasteiger charge is -2.30. The summed E-state index contributed by atoms with van der Waals surface area (Å²) in [5, 5.41) is 0. The Labute approximate surface area is 246 Å². The van der Waals surface area contributed by atoms with Crippen molar-refractivity contribution in [2.75, 3.05) is 4.90 Å². The van der Waals surface area contributed by atoms with Crippen molar-refractivity contribution < 1.29 is 9.47 Å². The van der Waals surface area contributed by atoms with Crippen molar-refractivity contribution in [3.05, 3.63) is 151 Å². The van der Waals surface area contributed by atoms with Crippen molar-refractivity contribution in [1.29, 1.82) is 0 Å². The quantitative estimate of drug-likeness (QED) is 0.220. The van der Waals surface area contributed by atoms with Gasteiger partial charge in [-0.3, -0.25) is 0 Å². The van der Waals surface area contributed by atoms with Crippen molar-refractivity contribution >= 4 is 17.1 Å². The van der Waals surface area contributed by atoms with Gasteiger partial charge in [-0.15, -0.1) is 0 Å². The molecule has 202 valence electrons. The molecular weight excluding hydrogens is 514 g/mol. The van der Waals surface area contributed by atoms with E-state index in [-0.39, 0.29) is 5.41 Å². The molecule has 6 aromatic carbocycles. The molecule has 0 radical (unpaired) electrons. The highest BCUT2D eigenvalue weighted by Crippen LogP contribution is 2.52. The smallest absolute Gasteiger partial charge is 0.172 e. The van der Waals surface area contributed by atoms with Gasteiger partial charge in [-0.05, 0) is 70.3 Å². The van der Waals surface area contributed by atoms with E-state index in [1.54, 1.807) is 0 Å². The summed E-state index contributed by atoms with van der Waals surface area (Å²) in [5.74, 6) is 2.85. The predicted octanol–water partition coefficient (Wildman–Crippen LogP) is 11.0. The molecule has 1 aliphatic carbocycles. The molecule has 0 amide bonds. The maximum atomic E-state index is 6.35. The monoisotopic (exact) mass is 543 g/mol. The van der Waals surface area contributed by atoms with Crippen LogP contribution in [-0.2, 0) is 5.41 Å². The minimum atomic E-state index is -0.108. The molecule has 0 aromatic heterocycles. The van der Waals surface area contributed by atoms with Crippen molar-refractivity contribution in [2.24, 2.45) is 0 Å². The Hall–Kier alpha value is -5.28. The maximum Gasteiger partial charge on any atom is 0.172 e. The number of hydrogen-bond acceptors (Lipinski definition) is 3. The first kappa shape index (κ1) is 24.5. The van der Waals surface area contributed by atoms with E-state index in [2.05, 4.69) is 128 Å². The first-order valence-corrected chi connectivity index (χ1v) is 14.4. The molecule has 0 fully saturated rings. The van der Waals surface area contributed by atoms with Gasteiger partial charge < -0.3 is 14.4 Å². The van der Waals surface area contributed by atoms with Gasteiger partial charge in [-0.2, -0.15) is 0 Å². The fourth-order valence-electron chi connectivity index (χ4n) is 6.44. The lowest BCUT2D eigenvalue weighted by atomic mass is 9.82. The van der Waals surface area contributed by atoms with Gasteiger partial charge in [0.15, 0.2) is 23.0 Å². The first-order valence-electron chi connectivity index (χ1n) is 14.4. The third-order valence-corrected chi connectivity index (χ3v) is 8.53. The fraction of sp³-hybridized carbons (Fsp3) is 0.0769. The van der Waals surface area contributed by atoms with Crippen molar-refractivity contribution in [3.63, 3.8) is 0 Å². The Kier molecular flexibility index (Phi) is 5.48. The van der Waals surface area contributed by atoms with Gasteiger partial charge in [0, 0.05) is 22.7 Å². The topological polar surface area (TPSA) is 21.7 Å². The highest BCUT2D eigenvalue weighted by atomic mass is 16.6. The summed E-state index contributed by atoms with van der Waals surface area (Å²) in [6.45, 7) is 4.65. The van der Waals surface area contributed by atoms with Gasteiger partial charge in [0.25, 0.3) is 0 Å². The van der Waals surface area contributed by atoms with E-state index in [1.165, 1.54) is 27.8 Å². The van der Waals surface area contributed by atoms with Gasteiger partial charge in [-0.25, -0.2) is 0 Å². The molecule has 2 aliphatic rings. The van der Waals surface area contributed by atoms with Crippen LogP contribution in [0.15, 0.2) is 140 Å². The summed E-state index contributed by atoms with van der Waals surface area (Å²) in [6, 6.07) is 48.8. The van der Waals surface area contributed by atoms with Crippen LogP contribution in [0, 0.1) is 0 Å². The Balaban J connectivity index is 1.32. The second-order valence-electron chi connectivity index (χ2n) is 11.4. The van der Waals surface area contributed by atoms with Crippen LogP contribution in [0.2, 0.25) is 0 Å². The normalized spacial score (nSPS) is 13.6. The molecule has 0 saturated heterocycles. The molecule has 3 nitrogen and oxygen atoms in total. The number of hydrogen-bond donors (Lipinski definition) is 0. The largest absolute Gasteiger partial charge is 0.450 e. The average molecular weight is 544 g/mol. The Morgan fingerprint density at radius 3 is 1.83 bits per heavy atom. The molecule has 3 heteroatoms. The minimum absolute atomic E-state index is 0.108. The number of para-hydroxylation sites is 3. The Morgan fingerprint density at radius 1 is 0.452 bits per heavy atom. The van der Waals surface area contributed by atoms with Crippen LogP contribution in [0.3, 0.4) is 0 Å². The lowest BCUT2D eigenvalue weighted by molar-refractivity contribution is 0.360. The number of anilines is 3. The van der Waals surface area contributed by atoms with Crippen LogP contribution in [-0.4, -0.2) is 0 Å². The third-order valence-electron chi connectivity index (χ3n) is 8.53. The van der Waals surface area contributed by atoms with E-state index in [1.807, 2.05) is 30.3 Å². The number of benzene rings is 6. The van der Waals surface area contributed by atoms with Gasteiger partial charge >= 0.3 is 0 Å². The van der Waals surface area contributed by atoms with Crippen LogP contribution in [0.4, 0.5) is 17.1 Å². The van der Waals surface area contributed by atoms with E-state index in [4.69, 9.17) is 9.47 Å². The number of ether oxygens (including phenoxy) is 2. The molecule has 6 aromatic rings. The van der Waals surface area contributed by atoms with E-state index in [0.717, 1.165) is 34.1 Å². The van der Waals surface area contributed by atoms with E-state index >= 15 is 0 Å². The SMILES string of the molecule is CC1(C)c2ccccc2-c2ccc(N(c3ccc4c(c3)Oc3ccccc3O4)c3ccccc3-c3ccccc3)cc21. The summed E-state index contributed by atoms with van der Waals surface area (Å²) in [5.41, 5.74) is 10.7. The molecule has 0 unspecified atom stereocenters. The zero-order valence-corrected chi connectivity index (χ0v) is 23.5. The summed E-state index contributed by atoms with van der Waals surface area (Å²) in [6.07, 6.45) is 0. The first-order chi connectivity index (χ1) is 20.6. The van der Waals surface area contributed by atoms with E-state index < -0.39 is 0 Å². The Morgan fingerprint density at radius 2 is 1.02 bits per heavy atom. The maximum absolute atomic E-state index is 6.35. The molecule has 0 spiro atoms. The highest BCUT2D eigenvalue weighted by Gasteiger charge is 2.36. The zero-order chi connectivity index (χ0) is 28.3. The van der Waals surface area contributed by atoms with Crippen molar-refractivity contribution in [3.8, 4) is 45.3 Å². The molecular formula is C39H29NO2. The van der Waals surface area contributed by atoms with Crippen LogP contribution in [0.25, 0.3) is 22.3 Å². The molecule has 0 bridgehead atoms. The van der Waals surface area contributed by atoms with Crippen LogP contribution < -0.4 is 14.4 Å². The summed E-state index contributed by atoms with van der Waals surface area (Å²) in [7, 11) is 0. The van der Waals surface area contributed by atoms with E-state index in [9.17, 15) is 0 Å². The molecule has 1 aliphatic heterocycles. The standard InChI is InChI=1S/C39H29NO2/c1-39(2)32-16-8-6-15-30(32)31-22-20-27(24-33(31)39)40(34-17-9-7-14-29(34)26-12-4-3-5-13-26)28-21-23-37-38(25-28)42-36-19-11-10-18-35(36)41-37/h3-25H,1-2H3.